The van der Waals surface area contributed by atoms with Crippen molar-refractivity contribution in [3.8, 4) is 0 Å². The number of rotatable bonds is 1. The van der Waals surface area contributed by atoms with Crippen molar-refractivity contribution in [1.29, 1.82) is 0 Å². The summed E-state index contributed by atoms with van der Waals surface area (Å²) >= 11 is 3.55. The monoisotopic (exact) mass is 307 g/mol. The highest BCUT2D eigenvalue weighted by Gasteiger charge is 2.35. The average molecular weight is 308 g/mol. The minimum Gasteiger partial charge on any atom is -0.359 e. The van der Waals surface area contributed by atoms with Gasteiger partial charge in [0.1, 0.15) is 0 Å². The van der Waals surface area contributed by atoms with Crippen LogP contribution in [0.1, 0.15) is 38.2 Å². The fourth-order valence-corrected chi connectivity index (χ4v) is 3.67. The van der Waals surface area contributed by atoms with Crippen LogP contribution in [-0.4, -0.2) is 17.9 Å². The minimum absolute atomic E-state index is 0.0369. The van der Waals surface area contributed by atoms with Gasteiger partial charge in [-0.1, -0.05) is 34.8 Å². The Balaban J connectivity index is 2.05. The van der Waals surface area contributed by atoms with Crippen LogP contribution in [0.4, 0.5) is 5.69 Å². The number of carbonyl (C=O) groups is 1. The number of fused-ring (bicyclic) bond motifs is 1. The second kappa shape index (κ2) is 4.69. The van der Waals surface area contributed by atoms with Gasteiger partial charge in [0.15, 0.2) is 5.78 Å². The predicted octanol–water partition coefficient (Wildman–Crippen LogP) is 3.71. The number of Topliss-reactive ketones (excluding diaryl/α,β-unsaturated/α-hetero) is 1. The number of carbonyl (C=O) groups excluding carboxylic acids is 1. The Morgan fingerprint density at radius 1 is 1.28 bits per heavy atom. The second-order valence-electron chi connectivity index (χ2n) is 5.44. The van der Waals surface area contributed by atoms with Crippen molar-refractivity contribution in [3.63, 3.8) is 0 Å². The molecule has 0 aromatic heterocycles. The molecule has 2 aliphatic rings. The molecule has 0 saturated heterocycles. The first kappa shape index (κ1) is 12.2. The second-order valence-corrected chi connectivity index (χ2v) is 6.35. The molecule has 0 spiro atoms. The summed E-state index contributed by atoms with van der Waals surface area (Å²) in [5.41, 5.74) is 2.46. The van der Waals surface area contributed by atoms with Crippen LogP contribution in [0.2, 0.25) is 0 Å². The van der Waals surface area contributed by atoms with E-state index in [1.165, 1.54) is 36.9 Å². The van der Waals surface area contributed by atoms with E-state index in [4.69, 9.17) is 0 Å². The maximum atomic E-state index is 12.2. The lowest BCUT2D eigenvalue weighted by atomic mass is 9.93. The molecule has 3 rings (SSSR count). The fraction of sp³-hybridized carbons (Fsp3) is 0.533. The lowest BCUT2D eigenvalue weighted by Crippen LogP contribution is -2.48. The number of anilines is 1. The van der Waals surface area contributed by atoms with Crippen LogP contribution in [0.25, 0.3) is 0 Å². The predicted molar refractivity (Wildman–Crippen MR) is 77.1 cm³/mol. The number of halogens is 1. The van der Waals surface area contributed by atoms with Gasteiger partial charge in [-0.15, -0.1) is 0 Å². The molecule has 1 atom stereocenters. The van der Waals surface area contributed by atoms with Crippen LogP contribution in [0.5, 0.6) is 0 Å². The Hall–Kier alpha value is -0.830. The maximum absolute atomic E-state index is 12.2. The molecule has 0 radical (unpaired) electrons. The SMILES string of the molecule is C[C@@H]1C(=O)Cc2ccc(Br)cc2N1C1CCCC1. The molecule has 2 nitrogen and oxygen atoms in total. The van der Waals surface area contributed by atoms with Gasteiger partial charge in [-0.25, -0.2) is 0 Å². The normalized spacial score (nSPS) is 24.4. The van der Waals surface area contributed by atoms with Gasteiger partial charge in [0, 0.05) is 22.6 Å². The summed E-state index contributed by atoms with van der Waals surface area (Å²) in [6, 6.07) is 6.89. The number of hydrogen-bond acceptors (Lipinski definition) is 2. The molecule has 0 amide bonds. The quantitative estimate of drug-likeness (QED) is 0.788. The summed E-state index contributed by atoms with van der Waals surface area (Å²) in [7, 11) is 0. The van der Waals surface area contributed by atoms with Crippen molar-refractivity contribution in [2.75, 3.05) is 4.90 Å². The molecular weight excluding hydrogens is 290 g/mol. The van der Waals surface area contributed by atoms with Gasteiger partial charge in [-0.05, 0) is 37.5 Å². The molecule has 1 aliphatic heterocycles. The van der Waals surface area contributed by atoms with Gasteiger partial charge in [0.05, 0.1) is 6.04 Å². The highest BCUT2D eigenvalue weighted by molar-refractivity contribution is 9.10. The molecule has 3 heteroatoms. The van der Waals surface area contributed by atoms with Crippen LogP contribution in [0.3, 0.4) is 0 Å². The number of benzene rings is 1. The van der Waals surface area contributed by atoms with Crippen molar-refractivity contribution in [3.05, 3.63) is 28.2 Å². The van der Waals surface area contributed by atoms with E-state index in [9.17, 15) is 4.79 Å². The molecule has 0 unspecified atom stereocenters. The van der Waals surface area contributed by atoms with Crippen LogP contribution in [-0.2, 0) is 11.2 Å². The van der Waals surface area contributed by atoms with Gasteiger partial charge >= 0.3 is 0 Å². The van der Waals surface area contributed by atoms with Gasteiger partial charge in [0.2, 0.25) is 0 Å². The van der Waals surface area contributed by atoms with E-state index in [0.717, 1.165) is 4.47 Å². The van der Waals surface area contributed by atoms with Gasteiger partial charge in [-0.2, -0.15) is 0 Å². The molecule has 1 saturated carbocycles. The molecule has 0 N–H and O–H groups in total. The highest BCUT2D eigenvalue weighted by atomic mass is 79.9. The molecule has 1 aliphatic carbocycles. The molecule has 1 aromatic rings. The first-order valence-electron chi connectivity index (χ1n) is 6.76. The van der Waals surface area contributed by atoms with E-state index in [0.29, 0.717) is 18.2 Å². The molecule has 1 aromatic carbocycles. The topological polar surface area (TPSA) is 20.3 Å². The third kappa shape index (κ3) is 1.99. The van der Waals surface area contributed by atoms with Gasteiger partial charge < -0.3 is 4.90 Å². The Morgan fingerprint density at radius 2 is 2.00 bits per heavy atom. The summed E-state index contributed by atoms with van der Waals surface area (Å²) in [6.07, 6.45) is 5.64. The highest BCUT2D eigenvalue weighted by Crippen LogP contribution is 2.37. The molecule has 96 valence electrons. The number of hydrogen-bond donors (Lipinski definition) is 0. The lowest BCUT2D eigenvalue weighted by molar-refractivity contribution is -0.119. The Bertz CT molecular complexity index is 479. The van der Waals surface area contributed by atoms with Crippen molar-refractivity contribution in [2.45, 2.75) is 51.1 Å². The fourth-order valence-electron chi connectivity index (χ4n) is 3.32. The number of nitrogens with zero attached hydrogens (tertiary/aromatic N) is 1. The third-order valence-electron chi connectivity index (χ3n) is 4.29. The van der Waals surface area contributed by atoms with E-state index < -0.39 is 0 Å². The van der Waals surface area contributed by atoms with Crippen LogP contribution >= 0.6 is 15.9 Å². The largest absolute Gasteiger partial charge is 0.359 e. The summed E-state index contributed by atoms with van der Waals surface area (Å²) in [5.74, 6) is 0.358. The lowest BCUT2D eigenvalue weighted by Gasteiger charge is -2.40. The first-order valence-corrected chi connectivity index (χ1v) is 7.55. The molecule has 1 heterocycles. The molecule has 0 bridgehead atoms. The van der Waals surface area contributed by atoms with Crippen molar-refractivity contribution >= 4 is 27.4 Å². The zero-order valence-corrected chi connectivity index (χ0v) is 12.2. The van der Waals surface area contributed by atoms with Crippen LogP contribution in [0, 0.1) is 0 Å². The van der Waals surface area contributed by atoms with Crippen molar-refractivity contribution in [2.24, 2.45) is 0 Å². The zero-order chi connectivity index (χ0) is 12.7. The molecular formula is C15H18BrNO. The van der Waals surface area contributed by atoms with E-state index in [1.807, 2.05) is 6.07 Å². The standard InChI is InChI=1S/C15H18BrNO/c1-10-15(18)8-11-6-7-12(16)9-14(11)17(10)13-4-2-3-5-13/h6-7,9-10,13H,2-5,8H2,1H3/t10-/m1/s1. The van der Waals surface area contributed by atoms with Crippen LogP contribution < -0.4 is 4.90 Å². The Kier molecular flexibility index (Phi) is 3.18. The third-order valence-corrected chi connectivity index (χ3v) is 4.78. The van der Waals surface area contributed by atoms with Crippen LogP contribution in [0.15, 0.2) is 22.7 Å². The summed E-state index contributed by atoms with van der Waals surface area (Å²) in [5, 5.41) is 0. The Labute approximate surface area is 116 Å². The number of ketones is 1. The first-order chi connectivity index (χ1) is 8.66. The minimum atomic E-state index is 0.0369. The van der Waals surface area contributed by atoms with E-state index in [-0.39, 0.29) is 6.04 Å². The van der Waals surface area contributed by atoms with Gasteiger partial charge in [-0.3, -0.25) is 4.79 Å². The van der Waals surface area contributed by atoms with E-state index in [2.05, 4.69) is 39.9 Å². The van der Waals surface area contributed by atoms with E-state index >= 15 is 0 Å². The molecule has 1 fully saturated rings. The summed E-state index contributed by atoms with van der Waals surface area (Å²) < 4.78 is 1.10. The van der Waals surface area contributed by atoms with Gasteiger partial charge in [0.25, 0.3) is 0 Å². The smallest absolute Gasteiger partial charge is 0.159 e. The summed E-state index contributed by atoms with van der Waals surface area (Å²) in [4.78, 5) is 14.5. The average Bonchev–Trinajstić information content (AvgIpc) is 2.85. The zero-order valence-electron chi connectivity index (χ0n) is 10.7. The molecule has 18 heavy (non-hydrogen) atoms. The van der Waals surface area contributed by atoms with E-state index in [1.54, 1.807) is 0 Å². The summed E-state index contributed by atoms with van der Waals surface area (Å²) in [6.45, 7) is 2.06. The Morgan fingerprint density at radius 3 is 2.72 bits per heavy atom. The van der Waals surface area contributed by atoms with Crippen molar-refractivity contribution < 1.29 is 4.79 Å². The maximum Gasteiger partial charge on any atom is 0.159 e. The van der Waals surface area contributed by atoms with Crippen molar-refractivity contribution in [1.82, 2.24) is 0 Å².